The Hall–Kier alpha value is -1.45. The predicted octanol–water partition coefficient (Wildman–Crippen LogP) is 1.75. The molecule has 63 valence electrons. The van der Waals surface area contributed by atoms with Gasteiger partial charge in [0.05, 0.1) is 11.8 Å². The molecule has 0 saturated carbocycles. The monoisotopic (exact) mass is 170 g/mol. The lowest BCUT2D eigenvalue weighted by molar-refractivity contribution is 0.215. The highest BCUT2D eigenvalue weighted by Gasteiger charge is 2.04. The van der Waals surface area contributed by atoms with Crippen LogP contribution in [0.15, 0.2) is 17.3 Å². The van der Waals surface area contributed by atoms with Gasteiger partial charge in [0.15, 0.2) is 0 Å². The first-order valence-corrected chi connectivity index (χ1v) is 3.17. The Morgan fingerprint density at radius 1 is 1.42 bits per heavy atom. The minimum Gasteiger partial charge on any atom is -0.399 e. The van der Waals surface area contributed by atoms with Crippen LogP contribution in [0.3, 0.4) is 0 Å². The Labute approximate surface area is 68.5 Å². The van der Waals surface area contributed by atoms with Gasteiger partial charge in [0.1, 0.15) is 18.7 Å². The van der Waals surface area contributed by atoms with Crippen LogP contribution in [0.1, 0.15) is 5.56 Å². The van der Waals surface area contributed by atoms with Gasteiger partial charge in [-0.1, -0.05) is 5.16 Å². The van der Waals surface area contributed by atoms with Crippen molar-refractivity contribution in [1.29, 1.82) is 0 Å². The molecule has 1 radical (unpaired) electrons. The summed E-state index contributed by atoms with van der Waals surface area (Å²) in [6.45, 7) is 0. The van der Waals surface area contributed by atoms with Crippen LogP contribution in [0.2, 0.25) is 0 Å². The third kappa shape index (κ3) is 1.78. The van der Waals surface area contributed by atoms with Gasteiger partial charge in [-0.3, -0.25) is 0 Å². The van der Waals surface area contributed by atoms with Crippen LogP contribution < -0.4 is 0 Å². The van der Waals surface area contributed by atoms with E-state index in [2.05, 4.69) is 16.1 Å². The molecule has 1 aromatic rings. The Bertz CT molecular complexity index is 279. The van der Waals surface area contributed by atoms with Crippen LogP contribution in [-0.2, 0) is 4.84 Å². The van der Waals surface area contributed by atoms with Crippen LogP contribution >= 0.6 is 0 Å². The lowest BCUT2D eigenvalue weighted by atomic mass is 10.2. The van der Waals surface area contributed by atoms with Crippen molar-refractivity contribution in [1.82, 2.24) is 0 Å². The van der Waals surface area contributed by atoms with E-state index in [4.69, 9.17) is 0 Å². The molecule has 0 spiro atoms. The van der Waals surface area contributed by atoms with Crippen molar-refractivity contribution in [2.75, 3.05) is 7.11 Å². The fourth-order valence-electron chi connectivity index (χ4n) is 0.686. The van der Waals surface area contributed by atoms with Gasteiger partial charge in [-0.2, -0.15) is 0 Å². The highest BCUT2D eigenvalue weighted by Crippen LogP contribution is 2.08. The lowest BCUT2D eigenvalue weighted by Crippen LogP contribution is -1.93. The highest BCUT2D eigenvalue weighted by atomic mass is 19.1. The molecular formula is C8H6F2NO. The average molecular weight is 170 g/mol. The van der Waals surface area contributed by atoms with Crippen molar-refractivity contribution >= 4 is 6.21 Å². The second kappa shape index (κ2) is 3.80. The normalized spacial score (nSPS) is 10.6. The van der Waals surface area contributed by atoms with E-state index in [0.717, 1.165) is 18.3 Å². The van der Waals surface area contributed by atoms with Crippen molar-refractivity contribution in [2.24, 2.45) is 5.16 Å². The first-order valence-electron chi connectivity index (χ1n) is 3.17. The summed E-state index contributed by atoms with van der Waals surface area (Å²) in [4.78, 5) is 4.28. The molecule has 0 saturated heterocycles. The van der Waals surface area contributed by atoms with Gasteiger partial charge in [-0.25, -0.2) is 8.78 Å². The van der Waals surface area contributed by atoms with Gasteiger partial charge in [-0.05, 0) is 18.2 Å². The quantitative estimate of drug-likeness (QED) is 0.489. The zero-order chi connectivity index (χ0) is 8.97. The molecule has 1 rings (SSSR count). The Balaban J connectivity index is 3.04. The number of halogens is 2. The van der Waals surface area contributed by atoms with E-state index in [1.807, 2.05) is 0 Å². The molecule has 0 aliphatic rings. The summed E-state index contributed by atoms with van der Waals surface area (Å²) in [5.41, 5.74) is -0.226. The Morgan fingerprint density at radius 3 is 2.50 bits per heavy atom. The van der Waals surface area contributed by atoms with Crippen molar-refractivity contribution in [3.05, 3.63) is 35.4 Å². The lowest BCUT2D eigenvalue weighted by Gasteiger charge is -1.95. The molecule has 0 aliphatic heterocycles. The zero-order valence-electron chi connectivity index (χ0n) is 6.34. The number of nitrogens with zero attached hydrogens (tertiary/aromatic N) is 1. The molecule has 1 aromatic carbocycles. The average Bonchev–Trinajstić information content (AvgIpc) is 2.04. The van der Waals surface area contributed by atoms with E-state index < -0.39 is 11.6 Å². The second-order valence-electron chi connectivity index (χ2n) is 1.98. The first-order chi connectivity index (χ1) is 5.75. The maximum Gasteiger partial charge on any atom is 0.135 e. The molecule has 2 nitrogen and oxygen atoms in total. The van der Waals surface area contributed by atoms with Gasteiger partial charge in [-0.15, -0.1) is 0 Å². The van der Waals surface area contributed by atoms with Crippen LogP contribution in [-0.4, -0.2) is 13.3 Å². The molecular weight excluding hydrogens is 164 g/mol. The minimum atomic E-state index is -0.712. The van der Waals surface area contributed by atoms with Gasteiger partial charge in [0.25, 0.3) is 0 Å². The topological polar surface area (TPSA) is 21.6 Å². The van der Waals surface area contributed by atoms with Crippen molar-refractivity contribution in [3.8, 4) is 0 Å². The molecule has 0 fully saturated rings. The zero-order valence-corrected chi connectivity index (χ0v) is 6.34. The van der Waals surface area contributed by atoms with Crippen LogP contribution in [0.25, 0.3) is 0 Å². The van der Waals surface area contributed by atoms with Crippen LogP contribution in [0.4, 0.5) is 8.78 Å². The van der Waals surface area contributed by atoms with E-state index in [0.29, 0.717) is 0 Å². The number of hydrogen-bond acceptors (Lipinski definition) is 2. The largest absolute Gasteiger partial charge is 0.399 e. The smallest absolute Gasteiger partial charge is 0.135 e. The third-order valence-corrected chi connectivity index (χ3v) is 1.22. The number of benzene rings is 1. The van der Waals surface area contributed by atoms with E-state index in [-0.39, 0.29) is 5.56 Å². The molecule has 12 heavy (non-hydrogen) atoms. The molecule has 0 amide bonds. The van der Waals surface area contributed by atoms with E-state index >= 15 is 0 Å². The first kappa shape index (κ1) is 8.64. The molecule has 0 bridgehead atoms. The minimum absolute atomic E-state index is 0.226. The third-order valence-electron chi connectivity index (χ3n) is 1.22. The summed E-state index contributed by atoms with van der Waals surface area (Å²) >= 11 is 0. The molecule has 0 aromatic heterocycles. The molecule has 0 N–H and O–H groups in total. The molecule has 4 heteroatoms. The summed E-state index contributed by atoms with van der Waals surface area (Å²) in [7, 11) is 1.29. The van der Waals surface area contributed by atoms with E-state index in [1.54, 1.807) is 0 Å². The highest BCUT2D eigenvalue weighted by molar-refractivity contribution is 5.79. The van der Waals surface area contributed by atoms with Crippen molar-refractivity contribution in [3.63, 3.8) is 0 Å². The summed E-state index contributed by atoms with van der Waals surface area (Å²) < 4.78 is 25.5. The maximum atomic E-state index is 12.8. The van der Waals surface area contributed by atoms with Crippen LogP contribution in [0, 0.1) is 17.7 Å². The van der Waals surface area contributed by atoms with Gasteiger partial charge < -0.3 is 4.84 Å². The van der Waals surface area contributed by atoms with Crippen molar-refractivity contribution < 1.29 is 13.6 Å². The van der Waals surface area contributed by atoms with Gasteiger partial charge >= 0.3 is 0 Å². The van der Waals surface area contributed by atoms with E-state index in [9.17, 15) is 8.78 Å². The molecule has 0 heterocycles. The number of hydrogen-bond donors (Lipinski definition) is 0. The van der Waals surface area contributed by atoms with E-state index in [1.165, 1.54) is 7.11 Å². The summed E-state index contributed by atoms with van der Waals surface area (Å²) in [6.07, 6.45) is 0.971. The fourth-order valence-corrected chi connectivity index (χ4v) is 0.686. The number of oxime groups is 1. The predicted molar refractivity (Wildman–Crippen MR) is 39.8 cm³/mol. The van der Waals surface area contributed by atoms with Gasteiger partial charge in [0, 0.05) is 0 Å². The Morgan fingerprint density at radius 2 is 2.00 bits per heavy atom. The number of rotatable bonds is 2. The second-order valence-corrected chi connectivity index (χ2v) is 1.98. The summed E-state index contributed by atoms with van der Waals surface area (Å²) in [6, 6.07) is 4.35. The standard InChI is InChI=1S/C8H6F2NO/c1-12-11-5-6-7(9)3-2-4-8(6)10/h3-5H,1H3/b11-5+. The molecule has 0 aliphatic carbocycles. The van der Waals surface area contributed by atoms with Gasteiger partial charge in [0.2, 0.25) is 0 Å². The molecule has 0 atom stereocenters. The fraction of sp³-hybridized carbons (Fsp3) is 0.125. The van der Waals surface area contributed by atoms with Crippen molar-refractivity contribution in [2.45, 2.75) is 0 Å². The Kier molecular flexibility index (Phi) is 2.74. The summed E-state index contributed by atoms with van der Waals surface area (Å²) in [5.74, 6) is -1.42. The van der Waals surface area contributed by atoms with Crippen LogP contribution in [0.5, 0.6) is 0 Å². The molecule has 0 unspecified atom stereocenters. The summed E-state index contributed by atoms with van der Waals surface area (Å²) in [5, 5.41) is 3.24. The SMILES string of the molecule is CO/N=C/c1c(F)c[c]cc1F. The maximum absolute atomic E-state index is 12.8.